The summed E-state index contributed by atoms with van der Waals surface area (Å²) in [5.41, 5.74) is 8.75. The van der Waals surface area contributed by atoms with Gasteiger partial charge in [-0.2, -0.15) is 0 Å². The minimum Gasteiger partial charge on any atom is -0.397 e. The molecule has 0 aliphatic heterocycles. The van der Waals surface area contributed by atoms with Gasteiger partial charge < -0.3 is 5.73 Å². The van der Waals surface area contributed by atoms with E-state index in [9.17, 15) is 8.78 Å². The molecule has 0 unspecified atom stereocenters. The Hall–Kier alpha value is -2.75. The molecule has 0 fully saturated rings. The van der Waals surface area contributed by atoms with E-state index in [2.05, 4.69) is 4.98 Å². The number of pyridine rings is 1. The Bertz CT molecular complexity index is 800. The van der Waals surface area contributed by atoms with Crippen molar-refractivity contribution >= 4 is 5.69 Å². The summed E-state index contributed by atoms with van der Waals surface area (Å²) >= 11 is 0. The summed E-state index contributed by atoms with van der Waals surface area (Å²) in [6.45, 7) is 0. The van der Waals surface area contributed by atoms with E-state index in [-0.39, 0.29) is 11.6 Å². The lowest BCUT2D eigenvalue weighted by molar-refractivity contribution is 0.627. The summed E-state index contributed by atoms with van der Waals surface area (Å²) in [5, 5.41) is 0. The van der Waals surface area contributed by atoms with Crippen LogP contribution in [-0.2, 0) is 0 Å². The Balaban J connectivity index is 2.22. The molecule has 3 rings (SSSR count). The molecule has 0 aliphatic rings. The van der Waals surface area contributed by atoms with Crippen LogP contribution in [0.25, 0.3) is 22.4 Å². The molecular formula is C17H12F2N2. The Morgan fingerprint density at radius 1 is 0.810 bits per heavy atom. The predicted octanol–water partition coefficient (Wildman–Crippen LogP) is 4.28. The number of hydrogen-bond donors (Lipinski definition) is 1. The van der Waals surface area contributed by atoms with Crippen molar-refractivity contribution in [3.63, 3.8) is 0 Å². The van der Waals surface area contributed by atoms with Crippen molar-refractivity contribution in [1.82, 2.24) is 4.98 Å². The summed E-state index contributed by atoms with van der Waals surface area (Å²) in [5.74, 6) is -0.698. The molecule has 0 aliphatic carbocycles. The Morgan fingerprint density at radius 2 is 1.43 bits per heavy atom. The van der Waals surface area contributed by atoms with E-state index in [1.54, 1.807) is 30.3 Å². The van der Waals surface area contributed by atoms with Gasteiger partial charge in [0.2, 0.25) is 0 Å². The molecule has 2 aromatic carbocycles. The van der Waals surface area contributed by atoms with Gasteiger partial charge in [-0.25, -0.2) is 8.78 Å². The average Bonchev–Trinajstić information content (AvgIpc) is 2.47. The second kappa shape index (κ2) is 5.32. The molecule has 1 heterocycles. The van der Waals surface area contributed by atoms with Crippen molar-refractivity contribution in [3.05, 3.63) is 72.4 Å². The highest BCUT2D eigenvalue weighted by atomic mass is 19.1. The fourth-order valence-electron chi connectivity index (χ4n) is 2.22. The maximum Gasteiger partial charge on any atom is 0.123 e. The van der Waals surface area contributed by atoms with Crippen molar-refractivity contribution in [1.29, 1.82) is 0 Å². The Kier molecular flexibility index (Phi) is 3.36. The molecule has 1 aromatic heterocycles. The highest BCUT2D eigenvalue weighted by Gasteiger charge is 2.11. The molecule has 4 heteroatoms. The van der Waals surface area contributed by atoms with Gasteiger partial charge in [0.25, 0.3) is 0 Å². The van der Waals surface area contributed by atoms with Crippen LogP contribution in [0.5, 0.6) is 0 Å². The lowest BCUT2D eigenvalue weighted by Crippen LogP contribution is -1.94. The van der Waals surface area contributed by atoms with Crippen LogP contribution in [-0.4, -0.2) is 4.98 Å². The van der Waals surface area contributed by atoms with E-state index < -0.39 is 0 Å². The van der Waals surface area contributed by atoms with Crippen molar-refractivity contribution in [2.24, 2.45) is 0 Å². The molecule has 0 saturated heterocycles. The minimum atomic E-state index is -0.351. The van der Waals surface area contributed by atoms with Gasteiger partial charge in [-0.3, -0.25) is 4.98 Å². The van der Waals surface area contributed by atoms with Crippen LogP contribution in [0.2, 0.25) is 0 Å². The van der Waals surface area contributed by atoms with Crippen LogP contribution in [0, 0.1) is 11.6 Å². The van der Waals surface area contributed by atoms with Gasteiger partial charge in [-0.15, -0.1) is 0 Å². The standard InChI is InChI=1S/C17H12F2N2/c18-13-5-1-3-11(7-13)16-9-15(20)10-21-17(16)12-4-2-6-14(19)8-12/h1-10H,20H2. The van der Waals surface area contributed by atoms with Gasteiger partial charge in [0, 0.05) is 11.1 Å². The topological polar surface area (TPSA) is 38.9 Å². The Morgan fingerprint density at radius 3 is 2.10 bits per heavy atom. The molecule has 104 valence electrons. The summed E-state index contributed by atoms with van der Waals surface area (Å²) in [6, 6.07) is 14.0. The van der Waals surface area contributed by atoms with Crippen LogP contribution >= 0.6 is 0 Å². The third-order valence-electron chi connectivity index (χ3n) is 3.14. The molecule has 0 bridgehead atoms. The summed E-state index contributed by atoms with van der Waals surface area (Å²) < 4.78 is 26.9. The number of halogens is 2. The highest BCUT2D eigenvalue weighted by molar-refractivity contribution is 5.82. The van der Waals surface area contributed by atoms with Gasteiger partial charge >= 0.3 is 0 Å². The maximum absolute atomic E-state index is 13.4. The molecule has 0 atom stereocenters. The zero-order chi connectivity index (χ0) is 14.8. The zero-order valence-corrected chi connectivity index (χ0v) is 11.1. The quantitative estimate of drug-likeness (QED) is 0.762. The molecule has 0 spiro atoms. The first kappa shape index (κ1) is 13.2. The lowest BCUT2D eigenvalue weighted by atomic mass is 9.99. The van der Waals surface area contributed by atoms with E-state index in [1.807, 2.05) is 0 Å². The van der Waals surface area contributed by atoms with Crippen molar-refractivity contribution in [2.45, 2.75) is 0 Å². The molecular weight excluding hydrogens is 270 g/mol. The Labute approximate surface area is 120 Å². The largest absolute Gasteiger partial charge is 0.397 e. The van der Waals surface area contributed by atoms with Gasteiger partial charge in [0.15, 0.2) is 0 Å². The van der Waals surface area contributed by atoms with Crippen LogP contribution < -0.4 is 5.73 Å². The van der Waals surface area contributed by atoms with Gasteiger partial charge in [0.05, 0.1) is 17.6 Å². The third kappa shape index (κ3) is 2.74. The maximum atomic E-state index is 13.4. The van der Waals surface area contributed by atoms with Crippen molar-refractivity contribution < 1.29 is 8.78 Å². The SMILES string of the molecule is Nc1cnc(-c2cccc(F)c2)c(-c2cccc(F)c2)c1. The van der Waals surface area contributed by atoms with Crippen molar-refractivity contribution in [2.75, 3.05) is 5.73 Å². The van der Waals surface area contributed by atoms with E-state index >= 15 is 0 Å². The zero-order valence-electron chi connectivity index (χ0n) is 11.1. The number of anilines is 1. The van der Waals surface area contributed by atoms with E-state index in [0.717, 1.165) is 0 Å². The molecule has 2 nitrogen and oxygen atoms in total. The molecule has 3 aromatic rings. The van der Waals surface area contributed by atoms with Crippen LogP contribution in [0.3, 0.4) is 0 Å². The third-order valence-corrected chi connectivity index (χ3v) is 3.14. The van der Waals surface area contributed by atoms with Crippen LogP contribution in [0.4, 0.5) is 14.5 Å². The lowest BCUT2D eigenvalue weighted by Gasteiger charge is -2.10. The minimum absolute atomic E-state index is 0.347. The van der Waals surface area contributed by atoms with Crippen LogP contribution in [0.1, 0.15) is 0 Å². The van der Waals surface area contributed by atoms with Crippen LogP contribution in [0.15, 0.2) is 60.8 Å². The average molecular weight is 282 g/mol. The summed E-state index contributed by atoms with van der Waals surface area (Å²) in [6.07, 6.45) is 1.50. The van der Waals surface area contributed by atoms with Gasteiger partial charge in [-0.05, 0) is 35.9 Å². The van der Waals surface area contributed by atoms with E-state index in [0.29, 0.717) is 28.1 Å². The van der Waals surface area contributed by atoms with Crippen molar-refractivity contribution in [3.8, 4) is 22.4 Å². The number of rotatable bonds is 2. The predicted molar refractivity (Wildman–Crippen MR) is 79.4 cm³/mol. The first-order valence-electron chi connectivity index (χ1n) is 6.41. The summed E-state index contributed by atoms with van der Waals surface area (Å²) in [7, 11) is 0. The molecule has 0 amide bonds. The normalized spacial score (nSPS) is 10.6. The monoisotopic (exact) mass is 282 g/mol. The first-order chi connectivity index (χ1) is 10.1. The number of hydrogen-bond acceptors (Lipinski definition) is 2. The number of nitrogens with two attached hydrogens (primary N) is 1. The second-order valence-electron chi connectivity index (χ2n) is 4.69. The fraction of sp³-hybridized carbons (Fsp3) is 0. The number of nitrogen functional groups attached to an aromatic ring is 1. The second-order valence-corrected chi connectivity index (χ2v) is 4.69. The van der Waals surface area contributed by atoms with Gasteiger partial charge in [-0.1, -0.05) is 24.3 Å². The van der Waals surface area contributed by atoms with E-state index in [1.165, 1.54) is 30.5 Å². The molecule has 0 radical (unpaired) electrons. The molecule has 0 saturated carbocycles. The molecule has 2 N–H and O–H groups in total. The number of aromatic nitrogens is 1. The van der Waals surface area contributed by atoms with Gasteiger partial charge in [0.1, 0.15) is 11.6 Å². The van der Waals surface area contributed by atoms with E-state index in [4.69, 9.17) is 5.73 Å². The number of nitrogens with zero attached hydrogens (tertiary/aromatic N) is 1. The first-order valence-corrected chi connectivity index (χ1v) is 6.41. The fourth-order valence-corrected chi connectivity index (χ4v) is 2.22. The smallest absolute Gasteiger partial charge is 0.123 e. The highest BCUT2D eigenvalue weighted by Crippen LogP contribution is 2.32. The molecule has 21 heavy (non-hydrogen) atoms. The number of benzene rings is 2. The summed E-state index contributed by atoms with van der Waals surface area (Å²) in [4.78, 5) is 4.28.